The van der Waals surface area contributed by atoms with E-state index in [1.165, 1.54) is 12.0 Å². The monoisotopic (exact) mass is 349 g/mol. The molecule has 0 spiro atoms. The summed E-state index contributed by atoms with van der Waals surface area (Å²) in [6.45, 7) is 5.13. The van der Waals surface area contributed by atoms with Crippen LogP contribution >= 0.6 is 11.3 Å². The number of ether oxygens (including phenoxy) is 1. The van der Waals surface area contributed by atoms with Crippen LogP contribution in [0.25, 0.3) is 0 Å². The van der Waals surface area contributed by atoms with Gasteiger partial charge in [0.2, 0.25) is 0 Å². The molecule has 1 atom stereocenters. The molecule has 0 radical (unpaired) electrons. The number of carbonyl (C=O) groups excluding carboxylic acids is 1. The summed E-state index contributed by atoms with van der Waals surface area (Å²) in [6.07, 6.45) is 0. The first-order valence-corrected chi connectivity index (χ1v) is 8.58. The Bertz CT molecular complexity index is 692. The predicted octanol–water partition coefficient (Wildman–Crippen LogP) is 2.90. The van der Waals surface area contributed by atoms with Crippen molar-refractivity contribution in [2.75, 3.05) is 20.7 Å². The van der Waals surface area contributed by atoms with Crippen LogP contribution in [0.3, 0.4) is 0 Å². The van der Waals surface area contributed by atoms with Crippen LogP contribution in [0.2, 0.25) is 0 Å². The Hall–Kier alpha value is -2.28. The van der Waals surface area contributed by atoms with Gasteiger partial charge in [0.15, 0.2) is 5.96 Å². The Morgan fingerprint density at radius 1 is 1.46 bits per heavy atom. The number of nitrogens with one attached hydrogen (secondary N) is 2. The Balaban J connectivity index is 1.86. The average molecular weight is 349 g/mol. The molecule has 0 saturated heterocycles. The first kappa shape index (κ1) is 18.1. The fourth-order valence-corrected chi connectivity index (χ4v) is 3.04. The zero-order valence-electron chi connectivity index (χ0n) is 14.4. The molecular weight excluding hydrogens is 326 g/mol. The van der Waals surface area contributed by atoms with Crippen LogP contribution in [0, 0.1) is 6.92 Å². The van der Waals surface area contributed by atoms with Crippen LogP contribution < -0.4 is 10.6 Å². The summed E-state index contributed by atoms with van der Waals surface area (Å²) in [5.74, 6) is 1.90. The average Bonchev–Trinajstić information content (AvgIpc) is 3.24. The molecule has 0 amide bonds. The number of aryl methyl sites for hydroxylation is 1. The highest BCUT2D eigenvalue weighted by Crippen LogP contribution is 2.19. The van der Waals surface area contributed by atoms with E-state index in [0.717, 1.165) is 6.54 Å². The smallest absolute Gasteiger partial charge is 0.341 e. The molecule has 1 unspecified atom stereocenters. The third-order valence-electron chi connectivity index (χ3n) is 3.63. The van der Waals surface area contributed by atoms with Gasteiger partial charge in [-0.2, -0.15) is 0 Å². The highest BCUT2D eigenvalue weighted by atomic mass is 32.1. The van der Waals surface area contributed by atoms with E-state index in [1.54, 1.807) is 31.4 Å². The highest BCUT2D eigenvalue weighted by molar-refractivity contribution is 7.10. The molecule has 130 valence electrons. The topological polar surface area (TPSA) is 75.9 Å². The van der Waals surface area contributed by atoms with E-state index < -0.39 is 5.97 Å². The van der Waals surface area contributed by atoms with Gasteiger partial charge in [0.05, 0.1) is 13.7 Å². The number of thiophene rings is 1. The number of aliphatic imine (C=N–C) groups is 1. The second kappa shape index (κ2) is 8.54. The second-order valence-electron chi connectivity index (χ2n) is 5.40. The van der Waals surface area contributed by atoms with Crippen LogP contribution in [-0.4, -0.2) is 32.6 Å². The molecule has 0 aliphatic carbocycles. The van der Waals surface area contributed by atoms with Gasteiger partial charge in [-0.25, -0.2) is 4.79 Å². The lowest BCUT2D eigenvalue weighted by molar-refractivity contribution is 0.0599. The van der Waals surface area contributed by atoms with Crippen molar-refractivity contribution in [3.8, 4) is 0 Å². The Morgan fingerprint density at radius 3 is 2.88 bits per heavy atom. The van der Waals surface area contributed by atoms with Crippen molar-refractivity contribution in [3.05, 3.63) is 45.5 Å². The summed E-state index contributed by atoms with van der Waals surface area (Å²) >= 11 is 1.75. The van der Waals surface area contributed by atoms with E-state index >= 15 is 0 Å². The Morgan fingerprint density at radius 2 is 2.25 bits per heavy atom. The van der Waals surface area contributed by atoms with Crippen LogP contribution in [0.1, 0.15) is 39.6 Å². The lowest BCUT2D eigenvalue weighted by atomic mass is 10.1. The van der Waals surface area contributed by atoms with Crippen molar-refractivity contribution in [2.45, 2.75) is 26.3 Å². The van der Waals surface area contributed by atoms with Gasteiger partial charge in [0.1, 0.15) is 17.1 Å². The molecule has 2 aromatic rings. The van der Waals surface area contributed by atoms with Gasteiger partial charge in [0.25, 0.3) is 0 Å². The fourth-order valence-electron chi connectivity index (χ4n) is 2.26. The van der Waals surface area contributed by atoms with Gasteiger partial charge in [0, 0.05) is 24.4 Å². The molecule has 2 N–H and O–H groups in total. The molecule has 0 bridgehead atoms. The Kier molecular flexibility index (Phi) is 6.43. The maximum atomic E-state index is 11.6. The van der Waals surface area contributed by atoms with Crippen molar-refractivity contribution in [3.63, 3.8) is 0 Å². The van der Waals surface area contributed by atoms with E-state index in [9.17, 15) is 4.79 Å². The first-order valence-electron chi connectivity index (χ1n) is 7.70. The number of methoxy groups -OCH3 is 1. The van der Waals surface area contributed by atoms with Crippen molar-refractivity contribution in [1.82, 2.24) is 10.6 Å². The van der Waals surface area contributed by atoms with Gasteiger partial charge in [-0.15, -0.1) is 11.3 Å². The maximum absolute atomic E-state index is 11.6. The number of hydrogen-bond acceptors (Lipinski definition) is 5. The molecule has 0 aromatic carbocycles. The SMILES string of the molecule is CN=C(NCc1cc(C(=O)OC)c(C)o1)NCC(C)c1cccs1. The normalized spacial score (nSPS) is 12.8. The summed E-state index contributed by atoms with van der Waals surface area (Å²) < 4.78 is 10.3. The van der Waals surface area contributed by atoms with Gasteiger partial charge in [-0.1, -0.05) is 13.0 Å². The van der Waals surface area contributed by atoms with Crippen LogP contribution in [-0.2, 0) is 11.3 Å². The Labute approximate surface area is 145 Å². The molecule has 24 heavy (non-hydrogen) atoms. The zero-order chi connectivity index (χ0) is 17.5. The molecule has 0 aliphatic heterocycles. The summed E-state index contributed by atoms with van der Waals surface area (Å²) in [5, 5.41) is 8.56. The van der Waals surface area contributed by atoms with Crippen LogP contribution in [0.5, 0.6) is 0 Å². The first-order chi connectivity index (χ1) is 11.5. The van der Waals surface area contributed by atoms with Crippen molar-refractivity contribution in [1.29, 1.82) is 0 Å². The molecular formula is C17H23N3O3S. The number of rotatable bonds is 6. The summed E-state index contributed by atoms with van der Waals surface area (Å²) in [4.78, 5) is 17.1. The second-order valence-corrected chi connectivity index (χ2v) is 6.38. The number of guanidine groups is 1. The lowest BCUT2D eigenvalue weighted by Crippen LogP contribution is -2.38. The standard InChI is InChI=1S/C17H23N3O3S/c1-11(15-6-5-7-24-15)9-19-17(18-3)20-10-13-8-14(12(2)23-13)16(21)22-4/h5-8,11H,9-10H2,1-4H3,(H2,18,19,20). The molecule has 0 saturated carbocycles. The van der Waals surface area contributed by atoms with Crippen molar-refractivity contribution in [2.24, 2.45) is 4.99 Å². The molecule has 0 fully saturated rings. The van der Waals surface area contributed by atoms with Gasteiger partial charge >= 0.3 is 5.97 Å². The van der Waals surface area contributed by atoms with E-state index in [4.69, 9.17) is 9.15 Å². The number of carbonyl (C=O) groups is 1. The minimum atomic E-state index is -0.394. The van der Waals surface area contributed by atoms with Crippen molar-refractivity contribution >= 4 is 23.3 Å². The van der Waals surface area contributed by atoms with Gasteiger partial charge in [-0.05, 0) is 24.4 Å². The predicted molar refractivity (Wildman–Crippen MR) is 95.7 cm³/mol. The van der Waals surface area contributed by atoms with E-state index in [0.29, 0.717) is 35.5 Å². The van der Waals surface area contributed by atoms with E-state index in [-0.39, 0.29) is 0 Å². The zero-order valence-corrected chi connectivity index (χ0v) is 15.2. The third kappa shape index (κ3) is 4.61. The largest absolute Gasteiger partial charge is 0.465 e. The molecule has 0 aliphatic rings. The minimum Gasteiger partial charge on any atom is -0.465 e. The summed E-state index contributed by atoms with van der Waals surface area (Å²) in [5.41, 5.74) is 0.448. The lowest BCUT2D eigenvalue weighted by Gasteiger charge is -2.14. The van der Waals surface area contributed by atoms with Gasteiger partial charge in [-0.3, -0.25) is 4.99 Å². The molecule has 7 heteroatoms. The number of hydrogen-bond donors (Lipinski definition) is 2. The summed E-state index contributed by atoms with van der Waals surface area (Å²) in [6, 6.07) is 5.88. The highest BCUT2D eigenvalue weighted by Gasteiger charge is 2.15. The van der Waals surface area contributed by atoms with Crippen molar-refractivity contribution < 1.29 is 13.9 Å². The quantitative estimate of drug-likeness (QED) is 0.476. The molecule has 6 nitrogen and oxygen atoms in total. The number of nitrogens with zero attached hydrogens (tertiary/aromatic N) is 1. The molecule has 2 heterocycles. The van der Waals surface area contributed by atoms with E-state index in [2.05, 4.69) is 40.1 Å². The number of furan rings is 1. The fraction of sp³-hybridized carbons (Fsp3) is 0.412. The minimum absolute atomic E-state index is 0.394. The number of esters is 1. The van der Waals surface area contributed by atoms with Crippen LogP contribution in [0.4, 0.5) is 0 Å². The maximum Gasteiger partial charge on any atom is 0.341 e. The molecule has 2 rings (SSSR count). The summed E-state index contributed by atoms with van der Waals surface area (Å²) in [7, 11) is 3.08. The van der Waals surface area contributed by atoms with E-state index in [1.807, 2.05) is 0 Å². The van der Waals surface area contributed by atoms with Gasteiger partial charge < -0.3 is 19.8 Å². The molecule has 2 aromatic heterocycles. The third-order valence-corrected chi connectivity index (χ3v) is 4.74. The van der Waals surface area contributed by atoms with Crippen LogP contribution in [0.15, 0.2) is 33.0 Å².